The molecular weight excluding hydrogens is 158 g/mol. The van der Waals surface area contributed by atoms with Gasteiger partial charge in [0.2, 0.25) is 0 Å². The van der Waals surface area contributed by atoms with Crippen LogP contribution in [-0.4, -0.2) is 38.8 Å². The van der Waals surface area contributed by atoms with Crippen LogP contribution in [0.5, 0.6) is 0 Å². The van der Waals surface area contributed by atoms with Crippen LogP contribution in [0, 0.1) is 0 Å². The average molecular weight is 175 g/mol. The summed E-state index contributed by atoms with van der Waals surface area (Å²) in [5.41, 5.74) is 5.25. The second kappa shape index (κ2) is 8.64. The third-order valence-electron chi connectivity index (χ3n) is 1.17. The van der Waals surface area contributed by atoms with Gasteiger partial charge in [-0.1, -0.05) is 0 Å². The number of carbonyl (C=O) groups is 1. The first-order valence-corrected chi connectivity index (χ1v) is 4.12. The summed E-state index contributed by atoms with van der Waals surface area (Å²) in [7, 11) is 0. The van der Waals surface area contributed by atoms with Crippen LogP contribution in [0.4, 0.5) is 0 Å². The largest absolute Gasteiger partial charge is 0.379 e. The van der Waals surface area contributed by atoms with Crippen molar-refractivity contribution >= 4 is 5.78 Å². The second-order valence-electron chi connectivity index (χ2n) is 2.51. The molecule has 0 aromatic rings. The fourth-order valence-electron chi connectivity index (χ4n) is 0.621. The number of Topliss-reactive ketones (excluding diaryl/α,β-unsaturated/α-hetero) is 1. The molecule has 72 valence electrons. The molecule has 12 heavy (non-hydrogen) atoms. The Kier molecular flexibility index (Phi) is 8.32. The van der Waals surface area contributed by atoms with Gasteiger partial charge in [0.05, 0.1) is 13.2 Å². The van der Waals surface area contributed by atoms with Crippen molar-refractivity contribution in [2.45, 2.75) is 13.3 Å². The van der Waals surface area contributed by atoms with E-state index >= 15 is 0 Å². The van der Waals surface area contributed by atoms with Gasteiger partial charge in [0.1, 0.15) is 6.61 Å². The predicted octanol–water partition coefficient (Wildman–Crippen LogP) is -0.0426. The van der Waals surface area contributed by atoms with Crippen molar-refractivity contribution in [3.05, 3.63) is 0 Å². The molecule has 4 nitrogen and oxygen atoms in total. The van der Waals surface area contributed by atoms with Crippen LogP contribution in [0.3, 0.4) is 0 Å². The first-order valence-electron chi connectivity index (χ1n) is 4.12. The molecule has 0 rings (SSSR count). The number of ketones is 1. The highest BCUT2D eigenvalue weighted by Crippen LogP contribution is 1.82. The molecular formula is C8H17NO3. The maximum Gasteiger partial charge on any atom is 0.155 e. The lowest BCUT2D eigenvalue weighted by Crippen LogP contribution is -2.11. The van der Waals surface area contributed by atoms with Gasteiger partial charge in [0.25, 0.3) is 0 Å². The van der Waals surface area contributed by atoms with Crippen LogP contribution in [0.1, 0.15) is 13.3 Å². The first-order chi connectivity index (χ1) is 5.77. The minimum atomic E-state index is 0.0389. The monoisotopic (exact) mass is 175 g/mol. The SMILES string of the molecule is CC(=O)COCCOCCCN. The summed E-state index contributed by atoms with van der Waals surface area (Å²) in [5.74, 6) is 0.0389. The Hall–Kier alpha value is -0.450. The Balaban J connectivity index is 2.86. The molecule has 0 aliphatic carbocycles. The molecule has 0 atom stereocenters. The Morgan fingerprint density at radius 3 is 2.50 bits per heavy atom. The Bertz CT molecular complexity index is 117. The van der Waals surface area contributed by atoms with Crippen molar-refractivity contribution in [2.24, 2.45) is 5.73 Å². The van der Waals surface area contributed by atoms with Crippen molar-refractivity contribution in [3.63, 3.8) is 0 Å². The summed E-state index contributed by atoms with van der Waals surface area (Å²) in [6, 6.07) is 0. The Labute approximate surface area is 73.0 Å². The van der Waals surface area contributed by atoms with Gasteiger partial charge >= 0.3 is 0 Å². The number of rotatable bonds is 8. The molecule has 0 bridgehead atoms. The molecule has 0 spiro atoms. The zero-order chi connectivity index (χ0) is 9.23. The maximum atomic E-state index is 10.4. The van der Waals surface area contributed by atoms with Crippen molar-refractivity contribution in [1.29, 1.82) is 0 Å². The molecule has 0 saturated heterocycles. The van der Waals surface area contributed by atoms with Gasteiger partial charge in [-0.05, 0) is 19.9 Å². The van der Waals surface area contributed by atoms with Gasteiger partial charge in [-0.2, -0.15) is 0 Å². The van der Waals surface area contributed by atoms with E-state index in [1.807, 2.05) is 0 Å². The summed E-state index contributed by atoms with van der Waals surface area (Å²) < 4.78 is 10.1. The highest BCUT2D eigenvalue weighted by Gasteiger charge is 1.92. The molecule has 0 heterocycles. The molecule has 0 aromatic carbocycles. The van der Waals surface area contributed by atoms with Crippen LogP contribution < -0.4 is 5.73 Å². The van der Waals surface area contributed by atoms with Gasteiger partial charge in [0.15, 0.2) is 5.78 Å². The highest BCUT2D eigenvalue weighted by molar-refractivity contribution is 5.76. The van der Waals surface area contributed by atoms with Gasteiger partial charge in [-0.15, -0.1) is 0 Å². The number of carbonyl (C=O) groups excluding carboxylic acids is 1. The zero-order valence-electron chi connectivity index (χ0n) is 7.54. The van der Waals surface area contributed by atoms with Crippen LogP contribution >= 0.6 is 0 Å². The van der Waals surface area contributed by atoms with E-state index in [0.717, 1.165) is 6.42 Å². The lowest BCUT2D eigenvalue weighted by Gasteiger charge is -2.02. The second-order valence-corrected chi connectivity index (χ2v) is 2.51. The summed E-state index contributed by atoms with van der Waals surface area (Å²) >= 11 is 0. The topological polar surface area (TPSA) is 61.5 Å². The fourth-order valence-corrected chi connectivity index (χ4v) is 0.621. The summed E-state index contributed by atoms with van der Waals surface area (Å²) in [4.78, 5) is 10.4. The molecule has 4 heteroatoms. The predicted molar refractivity (Wildman–Crippen MR) is 46.0 cm³/mol. The van der Waals surface area contributed by atoms with Crippen LogP contribution in [-0.2, 0) is 14.3 Å². The average Bonchev–Trinajstić information content (AvgIpc) is 2.02. The molecule has 0 amide bonds. The standard InChI is InChI=1S/C8H17NO3/c1-8(10)7-12-6-5-11-4-2-3-9/h2-7,9H2,1H3. The van der Waals surface area contributed by atoms with E-state index in [1.54, 1.807) is 0 Å². The summed E-state index contributed by atoms with van der Waals surface area (Å²) in [6.45, 7) is 4.00. The van der Waals surface area contributed by atoms with Crippen LogP contribution in [0.2, 0.25) is 0 Å². The minimum Gasteiger partial charge on any atom is -0.379 e. The maximum absolute atomic E-state index is 10.4. The first kappa shape index (κ1) is 11.6. The quantitative estimate of drug-likeness (QED) is 0.526. The lowest BCUT2D eigenvalue weighted by atomic mass is 10.5. The highest BCUT2D eigenvalue weighted by atomic mass is 16.5. The summed E-state index contributed by atoms with van der Waals surface area (Å²) in [5, 5.41) is 0. The number of ether oxygens (including phenoxy) is 2. The van der Waals surface area contributed by atoms with Gasteiger partial charge in [0, 0.05) is 6.61 Å². The lowest BCUT2D eigenvalue weighted by molar-refractivity contribution is -0.121. The minimum absolute atomic E-state index is 0.0389. The molecule has 0 fully saturated rings. The van der Waals surface area contributed by atoms with Crippen molar-refractivity contribution in [2.75, 3.05) is 33.0 Å². The smallest absolute Gasteiger partial charge is 0.155 e. The molecule has 2 N–H and O–H groups in total. The van der Waals surface area contributed by atoms with E-state index in [0.29, 0.717) is 26.4 Å². The molecule has 0 unspecified atom stereocenters. The van der Waals surface area contributed by atoms with E-state index in [4.69, 9.17) is 15.2 Å². The summed E-state index contributed by atoms with van der Waals surface area (Å²) in [6.07, 6.45) is 0.868. The normalized spacial score (nSPS) is 10.2. The van der Waals surface area contributed by atoms with Gasteiger partial charge < -0.3 is 15.2 Å². The molecule has 0 aromatic heterocycles. The zero-order valence-corrected chi connectivity index (χ0v) is 7.54. The van der Waals surface area contributed by atoms with Crippen molar-refractivity contribution < 1.29 is 14.3 Å². The van der Waals surface area contributed by atoms with Crippen molar-refractivity contribution in [3.8, 4) is 0 Å². The number of hydrogen-bond acceptors (Lipinski definition) is 4. The molecule has 0 aliphatic heterocycles. The van der Waals surface area contributed by atoms with E-state index in [2.05, 4.69) is 0 Å². The molecule has 0 radical (unpaired) electrons. The third kappa shape index (κ3) is 9.55. The van der Waals surface area contributed by atoms with Gasteiger partial charge in [-0.25, -0.2) is 0 Å². The van der Waals surface area contributed by atoms with E-state index in [1.165, 1.54) is 6.92 Å². The van der Waals surface area contributed by atoms with E-state index in [9.17, 15) is 4.79 Å². The van der Waals surface area contributed by atoms with Crippen LogP contribution in [0.15, 0.2) is 0 Å². The molecule has 0 aliphatic rings. The van der Waals surface area contributed by atoms with Crippen molar-refractivity contribution in [1.82, 2.24) is 0 Å². The molecule has 0 saturated carbocycles. The van der Waals surface area contributed by atoms with E-state index in [-0.39, 0.29) is 12.4 Å². The Morgan fingerprint density at radius 2 is 1.92 bits per heavy atom. The van der Waals surface area contributed by atoms with E-state index < -0.39 is 0 Å². The number of nitrogens with two attached hydrogens (primary N) is 1. The fraction of sp³-hybridized carbons (Fsp3) is 0.875. The van der Waals surface area contributed by atoms with Gasteiger partial charge in [-0.3, -0.25) is 4.79 Å². The number of hydrogen-bond donors (Lipinski definition) is 1. The Morgan fingerprint density at radius 1 is 1.25 bits per heavy atom. The third-order valence-corrected chi connectivity index (χ3v) is 1.17. The van der Waals surface area contributed by atoms with Crippen LogP contribution in [0.25, 0.3) is 0 Å².